The van der Waals surface area contributed by atoms with Crippen molar-refractivity contribution < 1.29 is 13.9 Å². The Morgan fingerprint density at radius 3 is 2.77 bits per heavy atom. The van der Waals surface area contributed by atoms with E-state index >= 15 is 0 Å². The Kier molecular flexibility index (Phi) is 4.97. The highest BCUT2D eigenvalue weighted by Crippen LogP contribution is 2.30. The topological polar surface area (TPSA) is 55.6 Å². The molecule has 122 valence electrons. The number of nitrogens with two attached hydrogens (primary N) is 1. The van der Waals surface area contributed by atoms with Gasteiger partial charge in [0.2, 0.25) is 0 Å². The van der Waals surface area contributed by atoms with Gasteiger partial charge < -0.3 is 15.4 Å². The Morgan fingerprint density at radius 2 is 2.18 bits per heavy atom. The van der Waals surface area contributed by atoms with E-state index in [0.29, 0.717) is 12.1 Å². The minimum atomic E-state index is -0.555. The Hall–Kier alpha value is -1.33. The predicted octanol–water partition coefficient (Wildman–Crippen LogP) is 3.88. The van der Waals surface area contributed by atoms with Gasteiger partial charge >= 0.3 is 6.09 Å². The van der Waals surface area contributed by atoms with Crippen LogP contribution in [0.1, 0.15) is 45.2 Å². The van der Waals surface area contributed by atoms with Crippen LogP contribution in [0.25, 0.3) is 0 Å². The van der Waals surface area contributed by atoms with E-state index in [1.165, 1.54) is 12.1 Å². The van der Waals surface area contributed by atoms with Crippen molar-refractivity contribution in [3.63, 3.8) is 0 Å². The summed E-state index contributed by atoms with van der Waals surface area (Å²) in [5, 5.41) is 0.0615. The van der Waals surface area contributed by atoms with Gasteiger partial charge in [-0.25, -0.2) is 9.18 Å². The smallest absolute Gasteiger partial charge is 0.410 e. The maximum Gasteiger partial charge on any atom is 0.410 e. The molecule has 1 amide bonds. The molecule has 2 N–H and O–H groups in total. The molecular weight excluding hydrogens is 307 g/mol. The molecule has 6 heteroatoms. The van der Waals surface area contributed by atoms with E-state index in [0.717, 1.165) is 12.8 Å². The van der Waals surface area contributed by atoms with Crippen LogP contribution in [0.3, 0.4) is 0 Å². The molecule has 1 saturated heterocycles. The van der Waals surface area contributed by atoms with Crippen molar-refractivity contribution in [1.29, 1.82) is 0 Å². The highest BCUT2D eigenvalue weighted by atomic mass is 35.5. The molecule has 2 atom stereocenters. The number of carbonyl (C=O) groups excluding carboxylic acids is 1. The predicted molar refractivity (Wildman–Crippen MR) is 84.3 cm³/mol. The molecule has 1 aromatic rings. The first-order valence-corrected chi connectivity index (χ1v) is 7.77. The van der Waals surface area contributed by atoms with Gasteiger partial charge in [0, 0.05) is 6.54 Å². The summed E-state index contributed by atoms with van der Waals surface area (Å²) in [6, 6.07) is 3.84. The lowest BCUT2D eigenvalue weighted by molar-refractivity contribution is 0.0206. The van der Waals surface area contributed by atoms with Crippen molar-refractivity contribution in [3.05, 3.63) is 34.6 Å². The number of ether oxygens (including phenoxy) is 1. The third-order valence-corrected chi connectivity index (χ3v) is 3.98. The van der Waals surface area contributed by atoms with E-state index in [2.05, 4.69) is 0 Å². The summed E-state index contributed by atoms with van der Waals surface area (Å²) in [6.07, 6.45) is 1.25. The van der Waals surface area contributed by atoms with Gasteiger partial charge in [-0.1, -0.05) is 17.7 Å². The van der Waals surface area contributed by atoms with E-state index in [1.807, 2.05) is 20.8 Å². The first-order chi connectivity index (χ1) is 10.2. The van der Waals surface area contributed by atoms with Gasteiger partial charge in [-0.3, -0.25) is 0 Å². The van der Waals surface area contributed by atoms with Gasteiger partial charge in [0.15, 0.2) is 0 Å². The first kappa shape index (κ1) is 17.0. The van der Waals surface area contributed by atoms with Crippen molar-refractivity contribution in [2.45, 2.75) is 51.3 Å². The van der Waals surface area contributed by atoms with Crippen molar-refractivity contribution in [2.24, 2.45) is 5.73 Å². The molecule has 22 heavy (non-hydrogen) atoms. The summed E-state index contributed by atoms with van der Waals surface area (Å²) in [5.74, 6) is -0.503. The largest absolute Gasteiger partial charge is 0.444 e. The molecule has 1 aliphatic rings. The van der Waals surface area contributed by atoms with Crippen LogP contribution in [0.2, 0.25) is 5.02 Å². The average molecular weight is 329 g/mol. The number of carbonyl (C=O) groups is 1. The second-order valence-electron chi connectivity index (χ2n) is 6.58. The molecule has 0 aromatic heterocycles. The average Bonchev–Trinajstić information content (AvgIpc) is 2.88. The quantitative estimate of drug-likeness (QED) is 0.896. The molecule has 1 aromatic carbocycles. The highest BCUT2D eigenvalue weighted by molar-refractivity contribution is 6.30. The van der Waals surface area contributed by atoms with Crippen LogP contribution in [0.15, 0.2) is 18.2 Å². The van der Waals surface area contributed by atoms with E-state index in [9.17, 15) is 9.18 Å². The summed E-state index contributed by atoms with van der Waals surface area (Å²) in [6.45, 7) is 6.07. The highest BCUT2D eigenvalue weighted by Gasteiger charge is 2.36. The van der Waals surface area contributed by atoms with Crippen molar-refractivity contribution >= 4 is 17.7 Å². The number of nitrogens with zero attached hydrogens (tertiary/aromatic N) is 1. The Bertz CT molecular complexity index is 560. The molecule has 0 bridgehead atoms. The van der Waals surface area contributed by atoms with Crippen molar-refractivity contribution in [3.8, 4) is 0 Å². The molecule has 1 aliphatic heterocycles. The van der Waals surface area contributed by atoms with Gasteiger partial charge in [-0.2, -0.15) is 0 Å². The standard InChI is InChI=1S/C16H22ClFN2O2/c1-16(2,3)22-15(21)20-8-4-5-13(20)14(19)10-6-7-11(17)12(18)9-10/h6-7,9,13-14H,4-5,8,19H2,1-3H3/t13-,14+/m1/s1. The molecule has 1 heterocycles. The molecule has 0 radical (unpaired) electrons. The van der Waals surface area contributed by atoms with E-state index in [4.69, 9.17) is 22.1 Å². The molecule has 1 fully saturated rings. The number of benzene rings is 1. The maximum absolute atomic E-state index is 13.6. The summed E-state index contributed by atoms with van der Waals surface area (Å²) < 4.78 is 19.0. The number of hydrogen-bond donors (Lipinski definition) is 1. The lowest BCUT2D eigenvalue weighted by atomic mass is 9.98. The normalized spacial score (nSPS) is 20.1. The molecule has 0 spiro atoms. The fourth-order valence-electron chi connectivity index (χ4n) is 2.65. The fourth-order valence-corrected chi connectivity index (χ4v) is 2.77. The van der Waals surface area contributed by atoms with E-state index < -0.39 is 17.5 Å². The van der Waals surface area contributed by atoms with Gasteiger partial charge in [-0.05, 0) is 51.3 Å². The minimum Gasteiger partial charge on any atom is -0.444 e. The third-order valence-electron chi connectivity index (χ3n) is 3.67. The number of hydrogen-bond acceptors (Lipinski definition) is 3. The van der Waals surface area contributed by atoms with Crippen LogP contribution in [0.4, 0.5) is 9.18 Å². The Balaban J connectivity index is 2.15. The van der Waals surface area contributed by atoms with Crippen LogP contribution in [-0.4, -0.2) is 29.2 Å². The monoisotopic (exact) mass is 328 g/mol. The van der Waals surface area contributed by atoms with Crippen LogP contribution in [-0.2, 0) is 4.74 Å². The maximum atomic E-state index is 13.6. The Morgan fingerprint density at radius 1 is 1.50 bits per heavy atom. The second kappa shape index (κ2) is 6.42. The third kappa shape index (κ3) is 3.90. The van der Waals surface area contributed by atoms with Crippen LogP contribution < -0.4 is 5.73 Å². The van der Waals surface area contributed by atoms with Crippen LogP contribution in [0, 0.1) is 5.82 Å². The number of halogens is 2. The molecule has 0 aliphatic carbocycles. The zero-order valence-corrected chi connectivity index (χ0v) is 13.9. The SMILES string of the molecule is CC(C)(C)OC(=O)N1CCC[C@@H]1[C@@H](N)c1ccc(Cl)c(F)c1. The van der Waals surface area contributed by atoms with Crippen molar-refractivity contribution in [2.75, 3.05) is 6.54 Å². The van der Waals surface area contributed by atoms with Crippen LogP contribution in [0.5, 0.6) is 0 Å². The van der Waals surface area contributed by atoms with E-state index in [1.54, 1.807) is 11.0 Å². The summed E-state index contributed by atoms with van der Waals surface area (Å²) in [5.41, 5.74) is 6.32. The van der Waals surface area contributed by atoms with Crippen LogP contribution >= 0.6 is 11.6 Å². The second-order valence-corrected chi connectivity index (χ2v) is 6.99. The number of rotatable bonds is 2. The van der Waals surface area contributed by atoms with Crippen molar-refractivity contribution in [1.82, 2.24) is 4.90 Å². The molecule has 2 rings (SSSR count). The lowest BCUT2D eigenvalue weighted by Gasteiger charge is -2.31. The zero-order chi connectivity index (χ0) is 16.5. The van der Waals surface area contributed by atoms with Gasteiger partial charge in [0.05, 0.1) is 17.1 Å². The Labute approximate surface area is 135 Å². The zero-order valence-electron chi connectivity index (χ0n) is 13.1. The summed E-state index contributed by atoms with van der Waals surface area (Å²) in [7, 11) is 0. The lowest BCUT2D eigenvalue weighted by Crippen LogP contribution is -2.44. The van der Waals surface area contributed by atoms with Gasteiger partial charge in [-0.15, -0.1) is 0 Å². The molecule has 0 saturated carbocycles. The van der Waals surface area contributed by atoms with E-state index in [-0.39, 0.29) is 17.2 Å². The summed E-state index contributed by atoms with van der Waals surface area (Å²) >= 11 is 5.70. The molecule has 4 nitrogen and oxygen atoms in total. The molecular formula is C16H22ClFN2O2. The van der Waals surface area contributed by atoms with Gasteiger partial charge in [0.25, 0.3) is 0 Å². The minimum absolute atomic E-state index is 0.0615. The first-order valence-electron chi connectivity index (χ1n) is 7.39. The number of likely N-dealkylation sites (tertiary alicyclic amines) is 1. The van der Waals surface area contributed by atoms with Gasteiger partial charge in [0.1, 0.15) is 11.4 Å². The number of amides is 1. The molecule has 0 unspecified atom stereocenters. The summed E-state index contributed by atoms with van der Waals surface area (Å²) in [4.78, 5) is 13.9. The fraction of sp³-hybridized carbons (Fsp3) is 0.562.